The summed E-state index contributed by atoms with van der Waals surface area (Å²) >= 11 is 0. The number of amides is 1. The molecule has 2 N–H and O–H groups in total. The van der Waals surface area contributed by atoms with Crippen molar-refractivity contribution in [3.05, 3.63) is 17.8 Å². The summed E-state index contributed by atoms with van der Waals surface area (Å²) in [5, 5.41) is 6.23. The highest BCUT2D eigenvalue weighted by Crippen LogP contribution is 2.37. The zero-order valence-electron chi connectivity index (χ0n) is 9.91. The van der Waals surface area contributed by atoms with E-state index >= 15 is 0 Å². The summed E-state index contributed by atoms with van der Waals surface area (Å²) in [6.45, 7) is 4.87. The highest BCUT2D eigenvalue weighted by Gasteiger charge is 2.48. The number of anilines is 2. The fourth-order valence-electron chi connectivity index (χ4n) is 2.31. The summed E-state index contributed by atoms with van der Waals surface area (Å²) in [5.41, 5.74) is 1.26. The molecule has 3 heterocycles. The molecule has 2 unspecified atom stereocenters. The Morgan fingerprint density at radius 3 is 3.24 bits per heavy atom. The zero-order chi connectivity index (χ0) is 12.0. The van der Waals surface area contributed by atoms with E-state index in [9.17, 15) is 4.79 Å². The van der Waals surface area contributed by atoms with E-state index < -0.39 is 5.41 Å². The Hall–Kier alpha value is -1.62. The minimum absolute atomic E-state index is 0.00125. The number of carbonyl (C=O) groups is 1. The van der Waals surface area contributed by atoms with Gasteiger partial charge in [-0.15, -0.1) is 0 Å². The molecule has 2 aliphatic heterocycles. The van der Waals surface area contributed by atoms with Crippen molar-refractivity contribution in [1.82, 2.24) is 4.98 Å². The fourth-order valence-corrected chi connectivity index (χ4v) is 2.31. The van der Waals surface area contributed by atoms with Gasteiger partial charge in [-0.05, 0) is 25.5 Å². The average molecular weight is 233 g/mol. The SMILES string of the molecule is Cc1cnc2c(c1)NC(=O)C1(C)COCC1N2. The van der Waals surface area contributed by atoms with E-state index in [2.05, 4.69) is 15.6 Å². The fraction of sp³-hybridized carbons (Fsp3) is 0.500. The summed E-state index contributed by atoms with van der Waals surface area (Å²) in [7, 11) is 0. The highest BCUT2D eigenvalue weighted by atomic mass is 16.5. The lowest BCUT2D eigenvalue weighted by molar-refractivity contribution is -0.124. The van der Waals surface area contributed by atoms with Crippen molar-refractivity contribution < 1.29 is 9.53 Å². The van der Waals surface area contributed by atoms with Crippen molar-refractivity contribution >= 4 is 17.4 Å². The van der Waals surface area contributed by atoms with Crippen LogP contribution in [0.1, 0.15) is 12.5 Å². The van der Waals surface area contributed by atoms with Gasteiger partial charge in [0.2, 0.25) is 5.91 Å². The molecule has 0 spiro atoms. The number of pyridine rings is 1. The van der Waals surface area contributed by atoms with Crippen LogP contribution < -0.4 is 10.6 Å². The lowest BCUT2D eigenvalue weighted by atomic mass is 9.84. The van der Waals surface area contributed by atoms with Gasteiger partial charge >= 0.3 is 0 Å². The molecular formula is C12H15N3O2. The van der Waals surface area contributed by atoms with Crippen molar-refractivity contribution in [3.63, 3.8) is 0 Å². The first kappa shape index (κ1) is 10.5. The molecule has 0 radical (unpaired) electrons. The summed E-state index contributed by atoms with van der Waals surface area (Å²) in [6.07, 6.45) is 1.79. The second-order valence-corrected chi connectivity index (χ2v) is 4.99. The maximum atomic E-state index is 12.2. The lowest BCUT2D eigenvalue weighted by Crippen LogP contribution is -2.44. The van der Waals surface area contributed by atoms with Gasteiger partial charge in [-0.3, -0.25) is 4.79 Å². The largest absolute Gasteiger partial charge is 0.378 e. The molecule has 1 aromatic rings. The van der Waals surface area contributed by atoms with Gasteiger partial charge < -0.3 is 15.4 Å². The first-order valence-corrected chi connectivity index (χ1v) is 5.72. The zero-order valence-corrected chi connectivity index (χ0v) is 9.91. The third kappa shape index (κ3) is 1.50. The molecule has 1 amide bonds. The first-order valence-electron chi connectivity index (χ1n) is 5.72. The number of fused-ring (bicyclic) bond motifs is 2. The van der Waals surface area contributed by atoms with Gasteiger partial charge in [0.15, 0.2) is 0 Å². The molecule has 0 aliphatic carbocycles. The molecule has 3 rings (SSSR count). The highest BCUT2D eigenvalue weighted by molar-refractivity contribution is 6.00. The van der Waals surface area contributed by atoms with E-state index in [-0.39, 0.29) is 11.9 Å². The molecular weight excluding hydrogens is 218 g/mol. The molecule has 5 heteroatoms. The van der Waals surface area contributed by atoms with Gasteiger partial charge in [-0.2, -0.15) is 0 Å². The van der Waals surface area contributed by atoms with E-state index in [1.165, 1.54) is 0 Å². The molecule has 1 saturated heterocycles. The molecule has 0 bridgehead atoms. The topological polar surface area (TPSA) is 63.2 Å². The predicted octanol–water partition coefficient (Wildman–Crippen LogP) is 1.16. The Bertz CT molecular complexity index is 489. The third-order valence-corrected chi connectivity index (χ3v) is 3.56. The minimum atomic E-state index is -0.519. The first-order chi connectivity index (χ1) is 8.09. The Kier molecular flexibility index (Phi) is 2.13. The van der Waals surface area contributed by atoms with Crippen LogP contribution in [0.5, 0.6) is 0 Å². The van der Waals surface area contributed by atoms with Crippen molar-refractivity contribution in [2.75, 3.05) is 23.8 Å². The van der Waals surface area contributed by atoms with Gasteiger partial charge in [0.05, 0.1) is 30.4 Å². The standard InChI is InChI=1S/C12H15N3O2/c1-7-3-8-10(13-4-7)15-9-5-17-6-12(9,2)11(16)14-8/h3-4,9H,5-6H2,1-2H3,(H,13,15)(H,14,16). The maximum Gasteiger partial charge on any atom is 0.234 e. The molecule has 1 aromatic heterocycles. The minimum Gasteiger partial charge on any atom is -0.378 e. The maximum absolute atomic E-state index is 12.2. The van der Waals surface area contributed by atoms with E-state index in [4.69, 9.17) is 4.74 Å². The van der Waals surface area contributed by atoms with Crippen LogP contribution in [-0.2, 0) is 9.53 Å². The van der Waals surface area contributed by atoms with Crippen LogP contribution in [0.15, 0.2) is 12.3 Å². The molecule has 5 nitrogen and oxygen atoms in total. The molecule has 2 aliphatic rings. The Balaban J connectivity index is 2.06. The van der Waals surface area contributed by atoms with Crippen LogP contribution in [0.25, 0.3) is 0 Å². The Morgan fingerprint density at radius 1 is 1.59 bits per heavy atom. The lowest BCUT2D eigenvalue weighted by Gasteiger charge is -2.25. The van der Waals surface area contributed by atoms with Crippen LogP contribution in [0.4, 0.5) is 11.5 Å². The molecule has 0 saturated carbocycles. The number of carbonyl (C=O) groups excluding carboxylic acids is 1. The number of hydrogen-bond donors (Lipinski definition) is 2. The summed E-state index contributed by atoms with van der Waals surface area (Å²) in [4.78, 5) is 16.6. The number of aryl methyl sites for hydroxylation is 1. The summed E-state index contributed by atoms with van der Waals surface area (Å²) in [5.74, 6) is 0.724. The quantitative estimate of drug-likeness (QED) is 0.705. The van der Waals surface area contributed by atoms with Gasteiger partial charge in [0.1, 0.15) is 5.82 Å². The van der Waals surface area contributed by atoms with Crippen LogP contribution in [0, 0.1) is 12.3 Å². The average Bonchev–Trinajstić information content (AvgIpc) is 2.61. The number of hydrogen-bond acceptors (Lipinski definition) is 4. The van der Waals surface area contributed by atoms with E-state index in [0.29, 0.717) is 13.2 Å². The van der Waals surface area contributed by atoms with Crippen LogP contribution in [0.3, 0.4) is 0 Å². The van der Waals surface area contributed by atoms with Crippen molar-refractivity contribution in [3.8, 4) is 0 Å². The summed E-state index contributed by atoms with van der Waals surface area (Å²) < 4.78 is 5.41. The van der Waals surface area contributed by atoms with E-state index in [1.54, 1.807) is 6.20 Å². The molecule has 2 atom stereocenters. The number of nitrogens with zero attached hydrogens (tertiary/aromatic N) is 1. The van der Waals surface area contributed by atoms with Gasteiger partial charge in [-0.25, -0.2) is 4.98 Å². The van der Waals surface area contributed by atoms with Crippen molar-refractivity contribution in [2.24, 2.45) is 5.41 Å². The molecule has 90 valence electrons. The monoisotopic (exact) mass is 233 g/mol. The Morgan fingerprint density at radius 2 is 2.41 bits per heavy atom. The number of ether oxygens (including phenoxy) is 1. The van der Waals surface area contributed by atoms with Crippen LogP contribution in [-0.4, -0.2) is 30.1 Å². The number of rotatable bonds is 0. The smallest absolute Gasteiger partial charge is 0.234 e. The number of nitrogens with one attached hydrogen (secondary N) is 2. The second kappa shape index (κ2) is 3.43. The normalized spacial score (nSPS) is 30.9. The van der Waals surface area contributed by atoms with Crippen molar-refractivity contribution in [1.29, 1.82) is 0 Å². The van der Waals surface area contributed by atoms with E-state index in [0.717, 1.165) is 17.1 Å². The van der Waals surface area contributed by atoms with Crippen LogP contribution >= 0.6 is 0 Å². The predicted molar refractivity (Wildman–Crippen MR) is 63.9 cm³/mol. The number of aromatic nitrogens is 1. The second-order valence-electron chi connectivity index (χ2n) is 4.99. The molecule has 0 aromatic carbocycles. The molecule has 17 heavy (non-hydrogen) atoms. The Labute approximate surface area is 99.6 Å². The van der Waals surface area contributed by atoms with Crippen molar-refractivity contribution in [2.45, 2.75) is 19.9 Å². The molecule has 1 fully saturated rings. The summed E-state index contributed by atoms with van der Waals surface area (Å²) in [6, 6.07) is 1.91. The van der Waals surface area contributed by atoms with Crippen LogP contribution in [0.2, 0.25) is 0 Å². The van der Waals surface area contributed by atoms with E-state index in [1.807, 2.05) is 19.9 Å². The van der Waals surface area contributed by atoms with Gasteiger partial charge in [0, 0.05) is 6.20 Å². The van der Waals surface area contributed by atoms with Gasteiger partial charge in [0.25, 0.3) is 0 Å². The third-order valence-electron chi connectivity index (χ3n) is 3.56. The van der Waals surface area contributed by atoms with Gasteiger partial charge in [-0.1, -0.05) is 0 Å².